The van der Waals surface area contributed by atoms with Crippen molar-refractivity contribution in [2.24, 2.45) is 4.99 Å². The first-order valence-electron chi connectivity index (χ1n) is 9.33. The average Bonchev–Trinajstić information content (AvgIpc) is 2.61. The molecule has 2 rings (SSSR count). The molecule has 0 aromatic heterocycles. The Morgan fingerprint density at radius 2 is 1.69 bits per heavy atom. The lowest BCUT2D eigenvalue weighted by Crippen LogP contribution is -2.44. The van der Waals surface area contributed by atoms with Crippen LogP contribution in [0.2, 0.25) is 0 Å². The summed E-state index contributed by atoms with van der Waals surface area (Å²) < 4.78 is 5.37. The molecule has 2 N–H and O–H groups in total. The predicted molar refractivity (Wildman–Crippen MR) is 121 cm³/mol. The van der Waals surface area contributed by atoms with Crippen LogP contribution in [0.25, 0.3) is 0 Å². The summed E-state index contributed by atoms with van der Waals surface area (Å²) >= 11 is 0. The van der Waals surface area contributed by atoms with Gasteiger partial charge in [0.2, 0.25) is 0 Å². The predicted octanol–water partition coefficient (Wildman–Crippen LogP) is 2.64. The zero-order chi connectivity index (χ0) is 18.1. The van der Waals surface area contributed by atoms with Gasteiger partial charge in [-0.05, 0) is 23.0 Å². The summed E-state index contributed by atoms with van der Waals surface area (Å²) in [5.74, 6) is 0.875. The molecule has 5 nitrogen and oxygen atoms in total. The molecular formula is C20H35IN4O. The average molecular weight is 474 g/mol. The Kier molecular flexibility index (Phi) is 10.5. The highest BCUT2D eigenvalue weighted by Crippen LogP contribution is 2.22. The molecule has 1 heterocycles. The van der Waals surface area contributed by atoms with Crippen molar-refractivity contribution in [2.75, 3.05) is 53.0 Å². The van der Waals surface area contributed by atoms with Crippen LogP contribution in [0.3, 0.4) is 0 Å². The third kappa shape index (κ3) is 8.22. The topological polar surface area (TPSA) is 48.9 Å². The van der Waals surface area contributed by atoms with E-state index in [1.807, 2.05) is 7.05 Å². The minimum atomic E-state index is 0. The molecule has 1 aliphatic rings. The number of benzene rings is 1. The third-order valence-electron chi connectivity index (χ3n) is 4.57. The van der Waals surface area contributed by atoms with Crippen LogP contribution in [0, 0.1) is 0 Å². The van der Waals surface area contributed by atoms with Crippen LogP contribution in [-0.2, 0) is 16.6 Å². The number of hydrogen-bond donors (Lipinski definition) is 2. The lowest BCUT2D eigenvalue weighted by molar-refractivity contribution is 0.0389. The Balaban J connectivity index is 0.00000338. The smallest absolute Gasteiger partial charge is 0.191 e. The molecular weight excluding hydrogens is 439 g/mol. The van der Waals surface area contributed by atoms with E-state index in [1.54, 1.807) is 0 Å². The normalized spacial score (nSPS) is 16.1. The lowest BCUT2D eigenvalue weighted by atomic mass is 9.86. The Morgan fingerprint density at radius 1 is 1.08 bits per heavy atom. The second-order valence-electron chi connectivity index (χ2n) is 7.58. The quantitative estimate of drug-likeness (QED) is 0.378. The van der Waals surface area contributed by atoms with Crippen LogP contribution in [0.1, 0.15) is 31.9 Å². The maximum Gasteiger partial charge on any atom is 0.191 e. The van der Waals surface area contributed by atoms with E-state index in [-0.39, 0.29) is 29.4 Å². The van der Waals surface area contributed by atoms with Gasteiger partial charge in [-0.15, -0.1) is 24.0 Å². The van der Waals surface area contributed by atoms with Gasteiger partial charge >= 0.3 is 0 Å². The number of ether oxygens (including phenoxy) is 1. The summed E-state index contributed by atoms with van der Waals surface area (Å²) in [5.41, 5.74) is 2.94. The van der Waals surface area contributed by atoms with Gasteiger partial charge in [-0.3, -0.25) is 9.89 Å². The van der Waals surface area contributed by atoms with Crippen molar-refractivity contribution in [1.82, 2.24) is 15.5 Å². The summed E-state index contributed by atoms with van der Waals surface area (Å²) in [6, 6.07) is 8.95. The van der Waals surface area contributed by atoms with Gasteiger partial charge in [0.25, 0.3) is 0 Å². The zero-order valence-corrected chi connectivity index (χ0v) is 19.0. The molecule has 0 saturated carbocycles. The molecule has 1 saturated heterocycles. The second kappa shape index (κ2) is 11.8. The molecule has 0 atom stereocenters. The first kappa shape index (κ1) is 23.2. The Labute approximate surface area is 176 Å². The van der Waals surface area contributed by atoms with Crippen LogP contribution in [0.4, 0.5) is 0 Å². The fraction of sp³-hybridized carbons (Fsp3) is 0.650. The number of hydrogen-bond acceptors (Lipinski definition) is 3. The first-order valence-corrected chi connectivity index (χ1v) is 9.33. The fourth-order valence-corrected chi connectivity index (χ4v) is 2.87. The van der Waals surface area contributed by atoms with Crippen molar-refractivity contribution in [2.45, 2.75) is 32.6 Å². The van der Waals surface area contributed by atoms with Gasteiger partial charge in [0.1, 0.15) is 0 Å². The van der Waals surface area contributed by atoms with Gasteiger partial charge in [-0.1, -0.05) is 45.0 Å². The van der Waals surface area contributed by atoms with Crippen molar-refractivity contribution in [3.63, 3.8) is 0 Å². The molecule has 0 bridgehead atoms. The van der Waals surface area contributed by atoms with Gasteiger partial charge in [-0.25, -0.2) is 0 Å². The molecule has 1 fully saturated rings. The molecule has 1 aromatic rings. The number of aliphatic imine (C=N–C) groups is 1. The highest BCUT2D eigenvalue weighted by Gasteiger charge is 2.13. The molecule has 0 aliphatic carbocycles. The van der Waals surface area contributed by atoms with Crippen molar-refractivity contribution in [3.05, 3.63) is 35.4 Å². The van der Waals surface area contributed by atoms with Gasteiger partial charge in [0, 0.05) is 39.8 Å². The van der Waals surface area contributed by atoms with Crippen LogP contribution in [0.5, 0.6) is 0 Å². The van der Waals surface area contributed by atoms with Gasteiger partial charge in [0.05, 0.1) is 13.2 Å². The monoisotopic (exact) mass is 474 g/mol. The van der Waals surface area contributed by atoms with Gasteiger partial charge < -0.3 is 15.4 Å². The van der Waals surface area contributed by atoms with Gasteiger partial charge in [-0.2, -0.15) is 0 Å². The van der Waals surface area contributed by atoms with E-state index in [2.05, 4.69) is 65.6 Å². The highest BCUT2D eigenvalue weighted by atomic mass is 127. The summed E-state index contributed by atoms with van der Waals surface area (Å²) in [7, 11) is 1.82. The van der Waals surface area contributed by atoms with Crippen LogP contribution in [0.15, 0.2) is 29.3 Å². The van der Waals surface area contributed by atoms with Crippen molar-refractivity contribution < 1.29 is 4.74 Å². The zero-order valence-electron chi connectivity index (χ0n) is 16.7. The standard InChI is InChI=1S/C20H34N4O.HI/c1-20(2,3)18-7-5-17(6-8-18)9-10-22-19(21-4)23-11-12-24-13-15-25-16-14-24;/h5-8H,9-16H2,1-4H3,(H2,21,22,23);1H. The minimum absolute atomic E-state index is 0. The molecule has 0 spiro atoms. The number of halogens is 1. The van der Waals surface area contributed by atoms with Crippen molar-refractivity contribution in [3.8, 4) is 0 Å². The van der Waals surface area contributed by atoms with Crippen LogP contribution >= 0.6 is 24.0 Å². The Bertz CT molecular complexity index is 534. The Hall–Kier alpha value is -0.860. The maximum absolute atomic E-state index is 5.37. The fourth-order valence-electron chi connectivity index (χ4n) is 2.87. The van der Waals surface area contributed by atoms with E-state index in [0.29, 0.717) is 0 Å². The molecule has 148 valence electrons. The number of rotatable bonds is 6. The van der Waals surface area contributed by atoms with Crippen LogP contribution < -0.4 is 10.6 Å². The molecule has 1 aliphatic heterocycles. The van der Waals surface area contributed by atoms with E-state index >= 15 is 0 Å². The molecule has 0 amide bonds. The number of nitrogens with one attached hydrogen (secondary N) is 2. The SMILES string of the molecule is CN=C(NCCc1ccc(C(C)(C)C)cc1)NCCN1CCOCC1.I. The summed E-state index contributed by atoms with van der Waals surface area (Å²) in [6.45, 7) is 13.3. The number of guanidine groups is 1. The van der Waals surface area contributed by atoms with Crippen LogP contribution in [-0.4, -0.2) is 63.8 Å². The second-order valence-corrected chi connectivity index (χ2v) is 7.58. The van der Waals surface area contributed by atoms with Gasteiger partial charge in [0.15, 0.2) is 5.96 Å². The molecule has 0 unspecified atom stereocenters. The lowest BCUT2D eigenvalue weighted by Gasteiger charge is -2.26. The Morgan fingerprint density at radius 3 is 2.27 bits per heavy atom. The molecule has 26 heavy (non-hydrogen) atoms. The van der Waals surface area contributed by atoms with E-state index in [0.717, 1.165) is 58.3 Å². The number of nitrogens with zero attached hydrogens (tertiary/aromatic N) is 2. The van der Waals surface area contributed by atoms with E-state index in [1.165, 1.54) is 11.1 Å². The number of morpholine rings is 1. The summed E-state index contributed by atoms with van der Waals surface area (Å²) in [6.07, 6.45) is 0.995. The molecule has 6 heteroatoms. The van der Waals surface area contributed by atoms with E-state index in [9.17, 15) is 0 Å². The molecule has 1 aromatic carbocycles. The highest BCUT2D eigenvalue weighted by molar-refractivity contribution is 14.0. The summed E-state index contributed by atoms with van der Waals surface area (Å²) in [4.78, 5) is 6.72. The van der Waals surface area contributed by atoms with Crippen molar-refractivity contribution in [1.29, 1.82) is 0 Å². The third-order valence-corrected chi connectivity index (χ3v) is 4.57. The van der Waals surface area contributed by atoms with Crippen molar-refractivity contribution >= 4 is 29.9 Å². The maximum atomic E-state index is 5.37. The first-order chi connectivity index (χ1) is 12.0. The molecule has 0 radical (unpaired) electrons. The van der Waals surface area contributed by atoms with E-state index in [4.69, 9.17) is 4.74 Å². The van der Waals surface area contributed by atoms with E-state index < -0.39 is 0 Å². The largest absolute Gasteiger partial charge is 0.379 e. The minimum Gasteiger partial charge on any atom is -0.379 e. The summed E-state index contributed by atoms with van der Waals surface area (Å²) in [5, 5.41) is 6.78.